The molecule has 3 heterocycles. The van der Waals surface area contributed by atoms with E-state index in [2.05, 4.69) is 16.7 Å². The molecular weight excluding hydrogens is 194 g/mol. The van der Waals surface area contributed by atoms with Gasteiger partial charge in [-0.1, -0.05) is 12.1 Å². The lowest BCUT2D eigenvalue weighted by Gasteiger charge is -2.47. The summed E-state index contributed by atoms with van der Waals surface area (Å²) in [4.78, 5) is 2.31. The van der Waals surface area contributed by atoms with Crippen molar-refractivity contribution in [1.29, 1.82) is 0 Å². The van der Waals surface area contributed by atoms with E-state index in [0.717, 1.165) is 29.3 Å². The molecule has 74 valence electrons. The van der Waals surface area contributed by atoms with Crippen LogP contribution in [0.2, 0.25) is 0 Å². The van der Waals surface area contributed by atoms with Crippen LogP contribution in [0.1, 0.15) is 6.42 Å². The Hall–Kier alpha value is -0.830. The minimum absolute atomic E-state index is 0.416. The van der Waals surface area contributed by atoms with Crippen LogP contribution in [0.5, 0.6) is 5.75 Å². The van der Waals surface area contributed by atoms with E-state index in [9.17, 15) is 5.11 Å². The second-order valence-electron chi connectivity index (χ2n) is 4.01. The summed E-state index contributed by atoms with van der Waals surface area (Å²) >= 11 is 2.10. The monoisotopic (exact) mass is 207 g/mol. The number of hydrogen-bond donors (Lipinski definition) is 1. The minimum Gasteiger partial charge on any atom is -0.506 e. The van der Waals surface area contributed by atoms with Crippen LogP contribution in [-0.4, -0.2) is 28.7 Å². The minimum atomic E-state index is 0.416. The van der Waals surface area contributed by atoms with Gasteiger partial charge in [0.05, 0.1) is 5.69 Å². The SMILES string of the molecule is Oc1ccccc1N1CC2CC(C1)S2. The molecule has 3 saturated heterocycles. The Kier molecular flexibility index (Phi) is 1.87. The lowest BCUT2D eigenvalue weighted by atomic mass is 10.1. The maximum atomic E-state index is 9.72. The van der Waals surface area contributed by atoms with Gasteiger partial charge >= 0.3 is 0 Å². The normalized spacial score (nSPS) is 29.9. The third kappa shape index (κ3) is 1.27. The molecule has 0 amide bonds. The van der Waals surface area contributed by atoms with Crippen LogP contribution in [0.15, 0.2) is 24.3 Å². The molecule has 14 heavy (non-hydrogen) atoms. The molecule has 4 rings (SSSR count). The number of piperidine rings is 1. The average molecular weight is 207 g/mol. The topological polar surface area (TPSA) is 23.5 Å². The van der Waals surface area contributed by atoms with Crippen molar-refractivity contribution >= 4 is 17.4 Å². The van der Waals surface area contributed by atoms with Crippen molar-refractivity contribution < 1.29 is 5.11 Å². The largest absolute Gasteiger partial charge is 0.506 e. The molecule has 0 spiro atoms. The van der Waals surface area contributed by atoms with Gasteiger partial charge < -0.3 is 10.0 Å². The predicted molar refractivity (Wildman–Crippen MR) is 60.1 cm³/mol. The van der Waals surface area contributed by atoms with Crippen molar-refractivity contribution in [3.8, 4) is 5.75 Å². The van der Waals surface area contributed by atoms with Gasteiger partial charge in [0.2, 0.25) is 0 Å². The molecule has 0 radical (unpaired) electrons. The van der Waals surface area contributed by atoms with Gasteiger partial charge in [-0.05, 0) is 18.6 Å². The molecule has 1 N–H and O–H groups in total. The Bertz CT molecular complexity index is 339. The molecular formula is C11H13NOS. The lowest BCUT2D eigenvalue weighted by molar-refractivity contribution is 0.468. The summed E-state index contributed by atoms with van der Waals surface area (Å²) in [5.74, 6) is 0.416. The van der Waals surface area contributed by atoms with Crippen molar-refractivity contribution in [3.05, 3.63) is 24.3 Å². The van der Waals surface area contributed by atoms with Crippen molar-refractivity contribution in [1.82, 2.24) is 0 Å². The second-order valence-corrected chi connectivity index (χ2v) is 5.61. The number of nitrogens with zero attached hydrogens (tertiary/aromatic N) is 1. The highest BCUT2D eigenvalue weighted by Gasteiger charge is 2.38. The third-order valence-corrected chi connectivity index (χ3v) is 4.43. The predicted octanol–water partition coefficient (Wildman–Crippen LogP) is 2.09. The van der Waals surface area contributed by atoms with E-state index in [0.29, 0.717) is 5.75 Å². The summed E-state index contributed by atoms with van der Waals surface area (Å²) in [5, 5.41) is 11.3. The van der Waals surface area contributed by atoms with E-state index in [4.69, 9.17) is 0 Å². The number of anilines is 1. The first-order valence-electron chi connectivity index (χ1n) is 5.01. The number of phenols is 1. The van der Waals surface area contributed by atoms with Crippen LogP contribution in [0.25, 0.3) is 0 Å². The molecule has 3 fully saturated rings. The zero-order chi connectivity index (χ0) is 9.54. The van der Waals surface area contributed by atoms with E-state index >= 15 is 0 Å². The maximum absolute atomic E-state index is 9.72. The molecule has 1 aromatic carbocycles. The smallest absolute Gasteiger partial charge is 0.138 e. The van der Waals surface area contributed by atoms with E-state index in [1.54, 1.807) is 6.07 Å². The van der Waals surface area contributed by atoms with Crippen LogP contribution in [0.3, 0.4) is 0 Å². The molecule has 0 saturated carbocycles. The maximum Gasteiger partial charge on any atom is 0.138 e. The Labute approximate surface area is 87.9 Å². The van der Waals surface area contributed by atoms with Gasteiger partial charge in [0.15, 0.2) is 0 Å². The first-order chi connectivity index (χ1) is 6.83. The van der Waals surface area contributed by atoms with Crippen LogP contribution in [0.4, 0.5) is 5.69 Å². The number of fused-ring (bicyclic) bond motifs is 2. The van der Waals surface area contributed by atoms with E-state index in [1.165, 1.54) is 6.42 Å². The molecule has 2 atom stereocenters. The molecule has 3 aliphatic rings. The number of para-hydroxylation sites is 2. The Morgan fingerprint density at radius 2 is 1.86 bits per heavy atom. The molecule has 0 aliphatic carbocycles. The van der Waals surface area contributed by atoms with Gasteiger partial charge in [-0.2, -0.15) is 11.8 Å². The summed E-state index contributed by atoms with van der Waals surface area (Å²) in [6.07, 6.45) is 1.37. The van der Waals surface area contributed by atoms with Gasteiger partial charge in [-0.15, -0.1) is 0 Å². The standard InChI is InChI=1S/C11H13NOS/c13-11-4-2-1-3-10(11)12-6-8-5-9(7-12)14-8/h1-4,8-9,13H,5-7H2. The van der Waals surface area contributed by atoms with Crippen LogP contribution < -0.4 is 4.90 Å². The van der Waals surface area contributed by atoms with E-state index in [1.807, 2.05) is 18.2 Å². The molecule has 1 aromatic rings. The summed E-state index contributed by atoms with van der Waals surface area (Å²) in [6, 6.07) is 7.63. The molecule has 2 bridgehead atoms. The summed E-state index contributed by atoms with van der Waals surface area (Å²) in [7, 11) is 0. The molecule has 2 unspecified atom stereocenters. The van der Waals surface area contributed by atoms with Crippen molar-refractivity contribution in [2.75, 3.05) is 18.0 Å². The van der Waals surface area contributed by atoms with Crippen molar-refractivity contribution in [2.24, 2.45) is 0 Å². The fraction of sp³-hybridized carbons (Fsp3) is 0.455. The summed E-state index contributed by atoms with van der Waals surface area (Å²) < 4.78 is 0. The van der Waals surface area contributed by atoms with Crippen LogP contribution in [0, 0.1) is 0 Å². The quantitative estimate of drug-likeness (QED) is 0.762. The van der Waals surface area contributed by atoms with Gasteiger partial charge in [0, 0.05) is 23.6 Å². The molecule has 2 nitrogen and oxygen atoms in total. The number of rotatable bonds is 1. The first kappa shape index (κ1) is 8.48. The lowest BCUT2D eigenvalue weighted by Crippen LogP contribution is -2.51. The zero-order valence-electron chi connectivity index (χ0n) is 7.89. The van der Waals surface area contributed by atoms with Crippen LogP contribution >= 0.6 is 11.8 Å². The summed E-state index contributed by atoms with van der Waals surface area (Å²) in [5.41, 5.74) is 1.00. The van der Waals surface area contributed by atoms with Gasteiger partial charge in [-0.25, -0.2) is 0 Å². The van der Waals surface area contributed by atoms with Crippen LogP contribution in [-0.2, 0) is 0 Å². The molecule has 0 aromatic heterocycles. The Morgan fingerprint density at radius 3 is 2.50 bits per heavy atom. The highest BCUT2D eigenvalue weighted by Crippen LogP contribution is 2.44. The van der Waals surface area contributed by atoms with Gasteiger partial charge in [0.1, 0.15) is 5.75 Å². The fourth-order valence-corrected chi connectivity index (χ4v) is 3.69. The van der Waals surface area contributed by atoms with E-state index in [-0.39, 0.29) is 0 Å². The molecule has 3 aliphatic heterocycles. The second kappa shape index (κ2) is 3.09. The third-order valence-electron chi connectivity index (χ3n) is 2.98. The summed E-state index contributed by atoms with van der Waals surface area (Å²) in [6.45, 7) is 2.19. The number of thioether (sulfide) groups is 1. The van der Waals surface area contributed by atoms with Crippen molar-refractivity contribution in [2.45, 2.75) is 16.9 Å². The molecule has 3 heteroatoms. The first-order valence-corrected chi connectivity index (χ1v) is 5.95. The number of benzene rings is 1. The average Bonchev–Trinajstić information content (AvgIpc) is 2.17. The number of phenolic OH excluding ortho intramolecular Hbond substituents is 1. The zero-order valence-corrected chi connectivity index (χ0v) is 8.70. The highest BCUT2D eigenvalue weighted by molar-refractivity contribution is 8.02. The van der Waals surface area contributed by atoms with E-state index < -0.39 is 0 Å². The fourth-order valence-electron chi connectivity index (χ4n) is 2.28. The Morgan fingerprint density at radius 1 is 1.21 bits per heavy atom. The Balaban J connectivity index is 1.85. The van der Waals surface area contributed by atoms with Crippen molar-refractivity contribution in [3.63, 3.8) is 0 Å². The number of aromatic hydroxyl groups is 1. The highest BCUT2D eigenvalue weighted by atomic mass is 32.2. The number of hydrogen-bond acceptors (Lipinski definition) is 3. The van der Waals surface area contributed by atoms with Gasteiger partial charge in [-0.3, -0.25) is 0 Å². The van der Waals surface area contributed by atoms with Gasteiger partial charge in [0.25, 0.3) is 0 Å².